The third-order valence-corrected chi connectivity index (χ3v) is 5.73. The lowest BCUT2D eigenvalue weighted by atomic mass is 10.1. The van der Waals surface area contributed by atoms with Crippen LogP contribution in [0.2, 0.25) is 0 Å². The van der Waals surface area contributed by atoms with Crippen LogP contribution in [-0.2, 0) is 10.0 Å². The number of carbonyl (C=O) groups excluding carboxylic acids is 1. The lowest BCUT2D eigenvalue weighted by molar-refractivity contribution is 0.0934. The smallest absolute Gasteiger partial charge is 0.261 e. The van der Waals surface area contributed by atoms with E-state index < -0.39 is 10.0 Å². The van der Waals surface area contributed by atoms with Crippen molar-refractivity contribution < 1.29 is 13.2 Å². The van der Waals surface area contributed by atoms with Gasteiger partial charge in [0.15, 0.2) is 0 Å². The van der Waals surface area contributed by atoms with Gasteiger partial charge >= 0.3 is 0 Å². The molecule has 0 saturated carbocycles. The minimum Gasteiger partial charge on any atom is -0.349 e. The van der Waals surface area contributed by atoms with Gasteiger partial charge in [-0.25, -0.2) is 8.42 Å². The molecule has 2 N–H and O–H groups in total. The molecule has 5 nitrogen and oxygen atoms in total. The first-order valence-electron chi connectivity index (χ1n) is 8.05. The molecule has 0 atom stereocenters. The molecular formula is C18H21BrN2O3S. The van der Waals surface area contributed by atoms with Crippen LogP contribution < -0.4 is 10.0 Å². The van der Waals surface area contributed by atoms with Crippen molar-refractivity contribution in [3.63, 3.8) is 0 Å². The second-order valence-corrected chi connectivity index (χ2v) is 8.23. The molecule has 0 saturated heterocycles. The minimum atomic E-state index is -3.77. The zero-order valence-electron chi connectivity index (χ0n) is 14.1. The first-order chi connectivity index (χ1) is 11.9. The number of halogens is 1. The standard InChI is InChI=1S/C18H21BrN2O3S/c1-3-15(4-2)20-18(22)13-6-5-7-17(12-13)25(23,24)21-16-10-8-14(19)9-11-16/h5-12,15,21H,3-4H2,1-2H3,(H,20,22). The molecule has 1 amide bonds. The zero-order chi connectivity index (χ0) is 18.4. The summed E-state index contributed by atoms with van der Waals surface area (Å²) in [6.07, 6.45) is 1.65. The Balaban J connectivity index is 2.21. The number of rotatable bonds is 7. The number of hydrogen-bond donors (Lipinski definition) is 2. The topological polar surface area (TPSA) is 75.3 Å². The first kappa shape index (κ1) is 19.5. The van der Waals surface area contributed by atoms with Crippen LogP contribution in [0.5, 0.6) is 0 Å². The average molecular weight is 425 g/mol. The fraction of sp³-hybridized carbons (Fsp3) is 0.278. The van der Waals surface area contributed by atoms with Crippen molar-refractivity contribution in [1.29, 1.82) is 0 Å². The van der Waals surface area contributed by atoms with Gasteiger partial charge in [0.1, 0.15) is 0 Å². The highest BCUT2D eigenvalue weighted by atomic mass is 79.9. The van der Waals surface area contributed by atoms with E-state index in [0.29, 0.717) is 11.3 Å². The van der Waals surface area contributed by atoms with Gasteiger partial charge in [-0.2, -0.15) is 0 Å². The average Bonchev–Trinajstić information content (AvgIpc) is 2.61. The van der Waals surface area contributed by atoms with E-state index in [1.165, 1.54) is 12.1 Å². The van der Waals surface area contributed by atoms with Gasteiger partial charge in [0.25, 0.3) is 15.9 Å². The van der Waals surface area contributed by atoms with E-state index in [4.69, 9.17) is 0 Å². The molecule has 0 aliphatic rings. The molecule has 25 heavy (non-hydrogen) atoms. The number of nitrogens with one attached hydrogen (secondary N) is 2. The highest BCUT2D eigenvalue weighted by Crippen LogP contribution is 2.19. The number of sulfonamides is 1. The Morgan fingerprint density at radius 2 is 1.72 bits per heavy atom. The van der Waals surface area contributed by atoms with Crippen molar-refractivity contribution in [2.75, 3.05) is 4.72 Å². The number of amides is 1. The predicted octanol–water partition coefficient (Wildman–Crippen LogP) is 4.17. The van der Waals surface area contributed by atoms with E-state index in [1.807, 2.05) is 13.8 Å². The summed E-state index contributed by atoms with van der Waals surface area (Å²) in [6, 6.07) is 12.9. The van der Waals surface area contributed by atoms with Crippen LogP contribution in [0.3, 0.4) is 0 Å². The second-order valence-electron chi connectivity index (χ2n) is 5.63. The molecular weight excluding hydrogens is 404 g/mol. The van der Waals surface area contributed by atoms with Gasteiger partial charge in [-0.05, 0) is 55.3 Å². The second kappa shape index (κ2) is 8.49. The normalized spacial score (nSPS) is 11.4. The summed E-state index contributed by atoms with van der Waals surface area (Å²) in [4.78, 5) is 12.4. The molecule has 0 aliphatic heterocycles. The van der Waals surface area contributed by atoms with Gasteiger partial charge in [-0.1, -0.05) is 35.8 Å². The summed E-state index contributed by atoms with van der Waals surface area (Å²) < 4.78 is 28.5. The summed E-state index contributed by atoms with van der Waals surface area (Å²) in [5, 5.41) is 2.91. The minimum absolute atomic E-state index is 0.0487. The Morgan fingerprint density at radius 3 is 2.32 bits per heavy atom. The number of anilines is 1. The zero-order valence-corrected chi connectivity index (χ0v) is 16.5. The van der Waals surface area contributed by atoms with Crippen LogP contribution in [0.4, 0.5) is 5.69 Å². The number of hydrogen-bond acceptors (Lipinski definition) is 3. The molecule has 2 aromatic carbocycles. The first-order valence-corrected chi connectivity index (χ1v) is 10.3. The van der Waals surface area contributed by atoms with Gasteiger partial charge in [0, 0.05) is 21.8 Å². The Morgan fingerprint density at radius 1 is 1.08 bits per heavy atom. The maximum atomic E-state index is 12.5. The molecule has 0 unspecified atom stereocenters. The molecule has 0 radical (unpaired) electrons. The number of benzene rings is 2. The summed E-state index contributed by atoms with van der Waals surface area (Å²) >= 11 is 3.31. The molecule has 0 fully saturated rings. The summed E-state index contributed by atoms with van der Waals surface area (Å²) in [5.74, 6) is -0.269. The quantitative estimate of drug-likeness (QED) is 0.699. The third kappa shape index (κ3) is 5.31. The monoisotopic (exact) mass is 424 g/mol. The molecule has 0 heterocycles. The maximum absolute atomic E-state index is 12.5. The van der Waals surface area contributed by atoms with Crippen molar-refractivity contribution in [2.24, 2.45) is 0 Å². The summed E-state index contributed by atoms with van der Waals surface area (Å²) in [6.45, 7) is 3.99. The Labute approximate surface area is 157 Å². The molecule has 2 aromatic rings. The van der Waals surface area contributed by atoms with E-state index >= 15 is 0 Å². The lowest BCUT2D eigenvalue weighted by Gasteiger charge is -2.15. The Kier molecular flexibility index (Phi) is 6.61. The van der Waals surface area contributed by atoms with Gasteiger partial charge < -0.3 is 5.32 Å². The predicted molar refractivity (Wildman–Crippen MR) is 103 cm³/mol. The van der Waals surface area contributed by atoms with Crippen LogP contribution in [0.1, 0.15) is 37.0 Å². The highest BCUT2D eigenvalue weighted by molar-refractivity contribution is 9.10. The molecule has 0 aliphatic carbocycles. The summed E-state index contributed by atoms with van der Waals surface area (Å²) in [7, 11) is -3.77. The van der Waals surface area contributed by atoms with Gasteiger partial charge in [0.2, 0.25) is 0 Å². The lowest BCUT2D eigenvalue weighted by Crippen LogP contribution is -2.33. The van der Waals surface area contributed by atoms with Gasteiger partial charge in [-0.3, -0.25) is 9.52 Å². The van der Waals surface area contributed by atoms with Crippen LogP contribution in [-0.4, -0.2) is 20.4 Å². The maximum Gasteiger partial charge on any atom is 0.261 e. The Bertz CT molecular complexity index is 832. The molecule has 0 spiro atoms. The van der Waals surface area contributed by atoms with Crippen molar-refractivity contribution in [3.05, 3.63) is 58.6 Å². The number of carbonyl (C=O) groups is 1. The van der Waals surface area contributed by atoms with E-state index in [1.54, 1.807) is 36.4 Å². The SMILES string of the molecule is CCC(CC)NC(=O)c1cccc(S(=O)(=O)Nc2ccc(Br)cc2)c1. The van der Waals surface area contributed by atoms with E-state index in [-0.39, 0.29) is 16.8 Å². The van der Waals surface area contributed by atoms with Crippen LogP contribution in [0, 0.1) is 0 Å². The van der Waals surface area contributed by atoms with Crippen LogP contribution in [0.15, 0.2) is 57.9 Å². The largest absolute Gasteiger partial charge is 0.349 e. The third-order valence-electron chi connectivity index (χ3n) is 3.82. The van der Waals surface area contributed by atoms with Gasteiger partial charge in [-0.15, -0.1) is 0 Å². The van der Waals surface area contributed by atoms with Crippen LogP contribution >= 0.6 is 15.9 Å². The summed E-state index contributed by atoms with van der Waals surface area (Å²) in [5.41, 5.74) is 0.778. The molecule has 0 bridgehead atoms. The van der Waals surface area contributed by atoms with Crippen molar-refractivity contribution in [2.45, 2.75) is 37.6 Å². The molecule has 134 valence electrons. The Hall–Kier alpha value is -1.86. The molecule has 0 aromatic heterocycles. The fourth-order valence-corrected chi connectivity index (χ4v) is 3.67. The van der Waals surface area contributed by atoms with E-state index in [2.05, 4.69) is 26.0 Å². The van der Waals surface area contributed by atoms with Crippen molar-refractivity contribution in [1.82, 2.24) is 5.32 Å². The van der Waals surface area contributed by atoms with E-state index in [0.717, 1.165) is 17.3 Å². The fourth-order valence-electron chi connectivity index (χ4n) is 2.30. The van der Waals surface area contributed by atoms with E-state index in [9.17, 15) is 13.2 Å². The van der Waals surface area contributed by atoms with Crippen LogP contribution in [0.25, 0.3) is 0 Å². The highest BCUT2D eigenvalue weighted by Gasteiger charge is 2.17. The van der Waals surface area contributed by atoms with Gasteiger partial charge in [0.05, 0.1) is 4.90 Å². The van der Waals surface area contributed by atoms with Crippen molar-refractivity contribution >= 4 is 37.5 Å². The molecule has 2 rings (SSSR count). The van der Waals surface area contributed by atoms with Crippen molar-refractivity contribution in [3.8, 4) is 0 Å². The molecule has 7 heteroatoms.